The highest BCUT2D eigenvalue weighted by Crippen LogP contribution is 2.40. The van der Waals surface area contributed by atoms with E-state index in [2.05, 4.69) is 12.2 Å². The predicted octanol–water partition coefficient (Wildman–Crippen LogP) is 2.26. The monoisotopic (exact) mass is 265 g/mol. The maximum Gasteiger partial charge on any atom is 0.344 e. The third kappa shape index (κ3) is 2.51. The maximum atomic E-state index is 12.0. The summed E-state index contributed by atoms with van der Waals surface area (Å²) in [6.45, 7) is 2.92. The second-order valence-electron chi connectivity index (χ2n) is 4.36. The van der Waals surface area contributed by atoms with Crippen molar-refractivity contribution in [2.45, 2.75) is 26.0 Å². The first-order valence-electron chi connectivity index (χ1n) is 6.42. The lowest BCUT2D eigenvalue weighted by Crippen LogP contribution is -2.22. The Balaban J connectivity index is 2.30. The van der Waals surface area contributed by atoms with Gasteiger partial charge in [-0.25, -0.2) is 4.79 Å². The van der Waals surface area contributed by atoms with Gasteiger partial charge in [-0.3, -0.25) is 5.32 Å². The van der Waals surface area contributed by atoms with Crippen LogP contribution in [-0.2, 0) is 4.74 Å². The van der Waals surface area contributed by atoms with Crippen molar-refractivity contribution in [1.82, 2.24) is 5.32 Å². The molecule has 5 heteroatoms. The van der Waals surface area contributed by atoms with E-state index in [9.17, 15) is 4.79 Å². The van der Waals surface area contributed by atoms with Gasteiger partial charge in [0.15, 0.2) is 17.7 Å². The fourth-order valence-electron chi connectivity index (χ4n) is 2.16. The Labute approximate surface area is 112 Å². The van der Waals surface area contributed by atoms with Gasteiger partial charge in [0.25, 0.3) is 0 Å². The Morgan fingerprint density at radius 2 is 2.11 bits per heavy atom. The van der Waals surface area contributed by atoms with Crippen molar-refractivity contribution in [1.29, 1.82) is 0 Å². The molecule has 0 bridgehead atoms. The van der Waals surface area contributed by atoms with Crippen LogP contribution in [0.4, 0.5) is 0 Å². The second kappa shape index (κ2) is 5.93. The first-order valence-corrected chi connectivity index (χ1v) is 6.42. The number of fused-ring (bicyclic) bond motifs is 1. The number of cyclic esters (lactones) is 1. The number of unbranched alkanes of at least 4 members (excludes halogenated alkanes) is 1. The predicted molar refractivity (Wildman–Crippen MR) is 70.6 cm³/mol. The molecule has 1 aromatic rings. The van der Waals surface area contributed by atoms with E-state index < -0.39 is 6.23 Å². The van der Waals surface area contributed by atoms with Crippen LogP contribution in [0.1, 0.15) is 41.9 Å². The van der Waals surface area contributed by atoms with Crippen LogP contribution in [0, 0.1) is 0 Å². The Morgan fingerprint density at radius 3 is 2.74 bits per heavy atom. The number of methoxy groups -OCH3 is 2. The summed E-state index contributed by atoms with van der Waals surface area (Å²) in [6, 6.07) is 3.62. The largest absolute Gasteiger partial charge is 0.493 e. The number of esters is 1. The van der Waals surface area contributed by atoms with Gasteiger partial charge in [0.1, 0.15) is 5.56 Å². The van der Waals surface area contributed by atoms with E-state index in [1.165, 1.54) is 7.11 Å². The number of rotatable bonds is 6. The van der Waals surface area contributed by atoms with Gasteiger partial charge in [0.05, 0.1) is 14.2 Å². The number of ether oxygens (including phenoxy) is 3. The molecule has 0 aromatic heterocycles. The quantitative estimate of drug-likeness (QED) is 0.631. The molecule has 0 spiro atoms. The molecule has 104 valence electrons. The first-order chi connectivity index (χ1) is 9.22. The summed E-state index contributed by atoms with van der Waals surface area (Å²) in [5.74, 6) is 0.594. The summed E-state index contributed by atoms with van der Waals surface area (Å²) in [5, 5.41) is 3.22. The number of nitrogens with one attached hydrogen (secondary N) is 1. The Kier molecular flexibility index (Phi) is 4.27. The Bertz CT molecular complexity index is 473. The lowest BCUT2D eigenvalue weighted by Gasteiger charge is -2.13. The number of carbonyl (C=O) groups is 1. The van der Waals surface area contributed by atoms with E-state index in [4.69, 9.17) is 14.2 Å². The Hall–Kier alpha value is -1.75. The fourth-order valence-corrected chi connectivity index (χ4v) is 2.16. The summed E-state index contributed by atoms with van der Waals surface area (Å²) in [4.78, 5) is 12.0. The molecule has 0 unspecified atom stereocenters. The molecule has 1 N–H and O–H groups in total. The van der Waals surface area contributed by atoms with Crippen LogP contribution >= 0.6 is 0 Å². The molecule has 0 fully saturated rings. The third-order valence-electron chi connectivity index (χ3n) is 3.15. The molecule has 0 saturated heterocycles. The van der Waals surface area contributed by atoms with Gasteiger partial charge in [-0.1, -0.05) is 13.3 Å². The first kappa shape index (κ1) is 13.7. The van der Waals surface area contributed by atoms with Crippen molar-refractivity contribution in [2.24, 2.45) is 0 Å². The van der Waals surface area contributed by atoms with Gasteiger partial charge in [0.2, 0.25) is 0 Å². The molecule has 0 aliphatic carbocycles. The molecule has 1 atom stereocenters. The second-order valence-corrected chi connectivity index (χ2v) is 4.36. The number of carbonyl (C=O) groups excluding carboxylic acids is 1. The highest BCUT2D eigenvalue weighted by Gasteiger charge is 2.35. The Morgan fingerprint density at radius 1 is 1.32 bits per heavy atom. The summed E-state index contributed by atoms with van der Waals surface area (Å²) >= 11 is 0. The van der Waals surface area contributed by atoms with Crippen LogP contribution in [0.15, 0.2) is 12.1 Å². The van der Waals surface area contributed by atoms with E-state index >= 15 is 0 Å². The molecule has 2 rings (SSSR count). The van der Waals surface area contributed by atoms with E-state index in [0.717, 1.165) is 24.9 Å². The average Bonchev–Trinajstić information content (AvgIpc) is 2.75. The maximum absolute atomic E-state index is 12.0. The molecule has 1 aromatic carbocycles. The van der Waals surface area contributed by atoms with Gasteiger partial charge < -0.3 is 14.2 Å². The molecule has 0 radical (unpaired) electrons. The molecule has 1 aliphatic heterocycles. The van der Waals surface area contributed by atoms with Crippen molar-refractivity contribution >= 4 is 5.97 Å². The molecule has 1 heterocycles. The minimum absolute atomic E-state index is 0.375. The van der Waals surface area contributed by atoms with Crippen molar-refractivity contribution in [2.75, 3.05) is 20.8 Å². The standard InChI is InChI=1S/C14H19NO4/c1-4-5-8-15-13-9-6-7-10(17-2)12(18-3)11(9)14(16)19-13/h6-7,13,15H,4-5,8H2,1-3H3/t13-/m0/s1. The van der Waals surface area contributed by atoms with E-state index in [-0.39, 0.29) is 5.97 Å². The van der Waals surface area contributed by atoms with Crippen molar-refractivity contribution in [3.05, 3.63) is 23.3 Å². The zero-order valence-corrected chi connectivity index (χ0v) is 11.5. The van der Waals surface area contributed by atoms with Crippen molar-refractivity contribution in [3.63, 3.8) is 0 Å². The highest BCUT2D eigenvalue weighted by molar-refractivity contribution is 5.98. The minimum Gasteiger partial charge on any atom is -0.493 e. The topological polar surface area (TPSA) is 56.8 Å². The summed E-state index contributed by atoms with van der Waals surface area (Å²) in [6.07, 6.45) is 1.73. The SMILES string of the molecule is CCCCN[C@H]1OC(=O)c2c1ccc(OC)c2OC. The summed E-state index contributed by atoms with van der Waals surface area (Å²) in [7, 11) is 3.06. The van der Waals surface area contributed by atoms with Crippen LogP contribution in [0.5, 0.6) is 11.5 Å². The summed E-state index contributed by atoms with van der Waals surface area (Å²) < 4.78 is 15.8. The average molecular weight is 265 g/mol. The van der Waals surface area contributed by atoms with Crippen LogP contribution in [0.3, 0.4) is 0 Å². The van der Waals surface area contributed by atoms with Crippen LogP contribution in [-0.4, -0.2) is 26.7 Å². The smallest absolute Gasteiger partial charge is 0.344 e. The number of benzene rings is 1. The zero-order valence-electron chi connectivity index (χ0n) is 11.5. The number of hydrogen-bond acceptors (Lipinski definition) is 5. The van der Waals surface area contributed by atoms with E-state index in [0.29, 0.717) is 17.1 Å². The molecular formula is C14H19NO4. The summed E-state index contributed by atoms with van der Waals surface area (Å²) in [5.41, 5.74) is 1.26. The molecule has 0 amide bonds. The van der Waals surface area contributed by atoms with Gasteiger partial charge >= 0.3 is 5.97 Å². The van der Waals surface area contributed by atoms with Crippen molar-refractivity contribution < 1.29 is 19.0 Å². The zero-order chi connectivity index (χ0) is 13.8. The lowest BCUT2D eigenvalue weighted by molar-refractivity contribution is 0.0307. The van der Waals surface area contributed by atoms with E-state index in [1.54, 1.807) is 13.2 Å². The van der Waals surface area contributed by atoms with E-state index in [1.807, 2.05) is 6.07 Å². The van der Waals surface area contributed by atoms with Gasteiger partial charge in [0, 0.05) is 5.56 Å². The normalized spacial score (nSPS) is 17.0. The molecule has 5 nitrogen and oxygen atoms in total. The van der Waals surface area contributed by atoms with Gasteiger partial charge in [-0.2, -0.15) is 0 Å². The molecule has 19 heavy (non-hydrogen) atoms. The molecular weight excluding hydrogens is 246 g/mol. The third-order valence-corrected chi connectivity index (χ3v) is 3.15. The van der Waals surface area contributed by atoms with Gasteiger partial charge in [-0.05, 0) is 25.1 Å². The fraction of sp³-hybridized carbons (Fsp3) is 0.500. The minimum atomic E-state index is -0.395. The van der Waals surface area contributed by atoms with Crippen LogP contribution < -0.4 is 14.8 Å². The number of hydrogen-bond donors (Lipinski definition) is 1. The molecule has 1 aliphatic rings. The van der Waals surface area contributed by atoms with Crippen LogP contribution in [0.2, 0.25) is 0 Å². The molecule has 0 saturated carbocycles. The lowest BCUT2D eigenvalue weighted by atomic mass is 10.1. The highest BCUT2D eigenvalue weighted by atomic mass is 16.6. The van der Waals surface area contributed by atoms with Crippen molar-refractivity contribution in [3.8, 4) is 11.5 Å². The van der Waals surface area contributed by atoms with Crippen LogP contribution in [0.25, 0.3) is 0 Å². The van der Waals surface area contributed by atoms with Gasteiger partial charge in [-0.15, -0.1) is 0 Å².